The molecule has 1 aliphatic heterocycles. The molecule has 0 bridgehead atoms. The Morgan fingerprint density at radius 1 is 1.42 bits per heavy atom. The number of piperidine rings is 1. The van der Waals surface area contributed by atoms with Gasteiger partial charge in [0.1, 0.15) is 5.82 Å². The first-order chi connectivity index (χ1) is 11.5. The van der Waals surface area contributed by atoms with Crippen molar-refractivity contribution < 1.29 is 19.0 Å². The van der Waals surface area contributed by atoms with Crippen LogP contribution >= 0.6 is 0 Å². The zero-order chi connectivity index (χ0) is 17.2. The number of ether oxygens (including phenoxy) is 1. The standard InChI is InChI=1S/C18H25FN2O3/c1-2-24-16-11-15(22)18(16)7-9-21(10-8-18)12-17(23)20-14-6-4-3-5-13(14)19/h3-6,15-16,22H,2,7-12H2,1H3,(H,20,23). The summed E-state index contributed by atoms with van der Waals surface area (Å²) < 4.78 is 19.3. The Balaban J connectivity index is 1.50. The number of aliphatic hydroxyl groups excluding tert-OH is 1. The zero-order valence-corrected chi connectivity index (χ0v) is 14.0. The molecule has 1 amide bonds. The number of anilines is 1. The normalized spacial score (nSPS) is 26.1. The summed E-state index contributed by atoms with van der Waals surface area (Å²) in [6.45, 7) is 4.35. The van der Waals surface area contributed by atoms with E-state index in [1.54, 1.807) is 18.2 Å². The summed E-state index contributed by atoms with van der Waals surface area (Å²) >= 11 is 0. The first-order valence-corrected chi connectivity index (χ1v) is 8.61. The highest BCUT2D eigenvalue weighted by Crippen LogP contribution is 2.50. The van der Waals surface area contributed by atoms with E-state index < -0.39 is 5.82 Å². The van der Waals surface area contributed by atoms with Crippen LogP contribution in [0.3, 0.4) is 0 Å². The first kappa shape index (κ1) is 17.3. The van der Waals surface area contributed by atoms with Gasteiger partial charge in [-0.1, -0.05) is 12.1 Å². The predicted octanol–water partition coefficient (Wildman–Crippen LogP) is 2.02. The van der Waals surface area contributed by atoms with Gasteiger partial charge in [-0.25, -0.2) is 4.39 Å². The van der Waals surface area contributed by atoms with Gasteiger partial charge < -0.3 is 15.2 Å². The van der Waals surface area contributed by atoms with E-state index >= 15 is 0 Å². The minimum Gasteiger partial charge on any atom is -0.392 e. The number of nitrogens with zero attached hydrogens (tertiary/aromatic N) is 1. The Hall–Kier alpha value is -1.50. The van der Waals surface area contributed by atoms with Crippen LogP contribution in [-0.2, 0) is 9.53 Å². The summed E-state index contributed by atoms with van der Waals surface area (Å²) in [4.78, 5) is 14.2. The van der Waals surface area contributed by atoms with Crippen LogP contribution in [0.1, 0.15) is 26.2 Å². The third kappa shape index (κ3) is 3.31. The smallest absolute Gasteiger partial charge is 0.238 e. The maximum Gasteiger partial charge on any atom is 0.238 e. The quantitative estimate of drug-likeness (QED) is 0.864. The molecule has 132 valence electrons. The van der Waals surface area contributed by atoms with Crippen molar-refractivity contribution in [3.05, 3.63) is 30.1 Å². The fourth-order valence-electron chi connectivity index (χ4n) is 3.90. The SMILES string of the molecule is CCOC1CC(O)C12CCN(CC(=O)Nc1ccccc1F)CC2. The van der Waals surface area contributed by atoms with Crippen LogP contribution in [0.4, 0.5) is 10.1 Å². The number of hydrogen-bond acceptors (Lipinski definition) is 4. The van der Waals surface area contributed by atoms with Gasteiger partial charge in [0, 0.05) is 18.4 Å². The maximum atomic E-state index is 13.6. The van der Waals surface area contributed by atoms with Gasteiger partial charge >= 0.3 is 0 Å². The third-order valence-corrected chi connectivity index (χ3v) is 5.41. The van der Waals surface area contributed by atoms with Crippen molar-refractivity contribution in [2.75, 3.05) is 31.6 Å². The van der Waals surface area contributed by atoms with E-state index in [1.807, 2.05) is 6.92 Å². The Morgan fingerprint density at radius 3 is 2.75 bits per heavy atom. The Kier molecular flexibility index (Phi) is 5.18. The fraction of sp³-hybridized carbons (Fsp3) is 0.611. The molecule has 5 nitrogen and oxygen atoms in total. The van der Waals surface area contributed by atoms with Crippen LogP contribution in [0, 0.1) is 11.2 Å². The second-order valence-electron chi connectivity index (χ2n) is 6.73. The van der Waals surface area contributed by atoms with Gasteiger partial charge in [0.15, 0.2) is 0 Å². The lowest BCUT2D eigenvalue weighted by Gasteiger charge is -2.56. The van der Waals surface area contributed by atoms with Crippen LogP contribution in [0.15, 0.2) is 24.3 Å². The molecule has 2 atom stereocenters. The van der Waals surface area contributed by atoms with Gasteiger partial charge in [-0.05, 0) is 45.0 Å². The first-order valence-electron chi connectivity index (χ1n) is 8.61. The fourth-order valence-corrected chi connectivity index (χ4v) is 3.90. The maximum absolute atomic E-state index is 13.6. The van der Waals surface area contributed by atoms with Crippen LogP contribution in [0.25, 0.3) is 0 Å². The van der Waals surface area contributed by atoms with Gasteiger partial charge in [0.05, 0.1) is 24.4 Å². The number of para-hydroxylation sites is 1. The van der Waals surface area contributed by atoms with Crippen LogP contribution in [0.5, 0.6) is 0 Å². The summed E-state index contributed by atoms with van der Waals surface area (Å²) in [6.07, 6.45) is 2.19. The molecule has 2 fully saturated rings. The van der Waals surface area contributed by atoms with Gasteiger partial charge in [0.2, 0.25) is 5.91 Å². The molecule has 2 unspecified atom stereocenters. The average molecular weight is 336 g/mol. The van der Waals surface area contributed by atoms with Crippen LogP contribution in [-0.4, -0.2) is 54.4 Å². The molecule has 1 heterocycles. The van der Waals surface area contributed by atoms with E-state index in [4.69, 9.17) is 4.74 Å². The number of amides is 1. The van der Waals surface area contributed by atoms with E-state index in [-0.39, 0.29) is 35.8 Å². The summed E-state index contributed by atoms with van der Waals surface area (Å²) in [6, 6.07) is 6.16. The number of rotatable bonds is 5. The number of carbonyl (C=O) groups is 1. The van der Waals surface area contributed by atoms with Crippen molar-refractivity contribution >= 4 is 11.6 Å². The van der Waals surface area contributed by atoms with Gasteiger partial charge in [-0.3, -0.25) is 9.69 Å². The molecule has 2 aliphatic rings. The number of likely N-dealkylation sites (tertiary alicyclic amines) is 1. The number of benzene rings is 1. The van der Waals surface area contributed by atoms with E-state index in [0.29, 0.717) is 13.0 Å². The molecule has 1 spiro atoms. The molecule has 2 N–H and O–H groups in total. The van der Waals surface area contributed by atoms with Crippen molar-refractivity contribution in [2.24, 2.45) is 5.41 Å². The monoisotopic (exact) mass is 336 g/mol. The predicted molar refractivity (Wildman–Crippen MR) is 89.2 cm³/mol. The van der Waals surface area contributed by atoms with Crippen LogP contribution < -0.4 is 5.32 Å². The molecule has 1 aromatic rings. The highest BCUT2D eigenvalue weighted by atomic mass is 19.1. The van der Waals surface area contributed by atoms with Crippen molar-refractivity contribution in [3.8, 4) is 0 Å². The average Bonchev–Trinajstić information content (AvgIpc) is 2.57. The molecule has 0 radical (unpaired) electrons. The van der Waals surface area contributed by atoms with Gasteiger partial charge in [-0.15, -0.1) is 0 Å². The number of nitrogens with one attached hydrogen (secondary N) is 1. The largest absolute Gasteiger partial charge is 0.392 e. The summed E-state index contributed by atoms with van der Waals surface area (Å²) in [5.41, 5.74) is 0.0657. The highest BCUT2D eigenvalue weighted by molar-refractivity contribution is 5.92. The van der Waals surface area contributed by atoms with Crippen molar-refractivity contribution in [3.63, 3.8) is 0 Å². The molecule has 3 rings (SSSR count). The number of carbonyl (C=O) groups excluding carboxylic acids is 1. The third-order valence-electron chi connectivity index (χ3n) is 5.41. The second kappa shape index (κ2) is 7.17. The highest BCUT2D eigenvalue weighted by Gasteiger charge is 2.55. The Bertz CT molecular complexity index is 585. The lowest BCUT2D eigenvalue weighted by atomic mass is 9.58. The molecular weight excluding hydrogens is 311 g/mol. The second-order valence-corrected chi connectivity index (χ2v) is 6.73. The Morgan fingerprint density at radius 2 is 2.12 bits per heavy atom. The summed E-state index contributed by atoms with van der Waals surface area (Å²) in [7, 11) is 0. The van der Waals surface area contributed by atoms with E-state index in [0.717, 1.165) is 25.9 Å². The molecule has 1 saturated heterocycles. The number of aliphatic hydroxyl groups is 1. The lowest BCUT2D eigenvalue weighted by Crippen LogP contribution is -2.62. The molecule has 0 aromatic heterocycles. The van der Waals surface area contributed by atoms with Crippen molar-refractivity contribution in [2.45, 2.75) is 38.4 Å². The topological polar surface area (TPSA) is 61.8 Å². The van der Waals surface area contributed by atoms with E-state index in [2.05, 4.69) is 10.2 Å². The summed E-state index contributed by atoms with van der Waals surface area (Å²) in [5, 5.41) is 12.8. The molecular formula is C18H25FN2O3. The van der Waals surface area contributed by atoms with Gasteiger partial charge in [-0.2, -0.15) is 0 Å². The molecule has 24 heavy (non-hydrogen) atoms. The molecule has 1 aliphatic carbocycles. The molecule has 1 aromatic carbocycles. The minimum atomic E-state index is -0.430. The van der Waals surface area contributed by atoms with E-state index in [1.165, 1.54) is 6.07 Å². The Labute approximate surface area is 141 Å². The van der Waals surface area contributed by atoms with Crippen LogP contribution in [0.2, 0.25) is 0 Å². The molecule has 1 saturated carbocycles. The number of halogens is 1. The lowest BCUT2D eigenvalue weighted by molar-refractivity contribution is -0.209. The zero-order valence-electron chi connectivity index (χ0n) is 14.0. The van der Waals surface area contributed by atoms with E-state index in [9.17, 15) is 14.3 Å². The van der Waals surface area contributed by atoms with Crippen molar-refractivity contribution in [1.82, 2.24) is 4.90 Å². The van der Waals surface area contributed by atoms with Crippen molar-refractivity contribution in [1.29, 1.82) is 0 Å². The summed E-state index contributed by atoms with van der Waals surface area (Å²) in [5.74, 6) is -0.646. The van der Waals surface area contributed by atoms with Gasteiger partial charge in [0.25, 0.3) is 0 Å². The number of hydrogen-bond donors (Lipinski definition) is 2. The minimum absolute atomic E-state index is 0.131. The molecule has 6 heteroatoms.